The van der Waals surface area contributed by atoms with Crippen LogP contribution in [0.3, 0.4) is 0 Å². The molecule has 1 aromatic carbocycles. The minimum atomic E-state index is 0.780. The summed E-state index contributed by atoms with van der Waals surface area (Å²) in [6.07, 6.45) is 2.18. The summed E-state index contributed by atoms with van der Waals surface area (Å²) in [5, 5.41) is 8.48. The molecule has 0 unspecified atom stereocenters. The largest absolute Gasteiger partial charge is 0.398 e. The number of nitrogens with zero attached hydrogens (tertiary/aromatic N) is 3. The van der Waals surface area contributed by atoms with Crippen LogP contribution in [0.25, 0.3) is 11.4 Å². The fourth-order valence-corrected chi connectivity index (χ4v) is 2.33. The van der Waals surface area contributed by atoms with Gasteiger partial charge in [-0.15, -0.1) is 10.2 Å². The first-order chi connectivity index (χ1) is 7.77. The van der Waals surface area contributed by atoms with E-state index in [1.165, 1.54) is 0 Å². The van der Waals surface area contributed by atoms with Gasteiger partial charge in [0, 0.05) is 24.2 Å². The number of hydrogen-bond acceptors (Lipinski definition) is 3. The zero-order valence-electron chi connectivity index (χ0n) is 9.27. The number of nitrogen functional groups attached to an aromatic ring is 1. The highest BCUT2D eigenvalue weighted by Gasteiger charge is 2.20. The van der Waals surface area contributed by atoms with Gasteiger partial charge in [-0.3, -0.25) is 0 Å². The van der Waals surface area contributed by atoms with Gasteiger partial charge in [-0.2, -0.15) is 0 Å². The number of fused-ring (bicyclic) bond motifs is 1. The van der Waals surface area contributed by atoms with Gasteiger partial charge in [0.1, 0.15) is 5.82 Å². The molecule has 16 heavy (non-hydrogen) atoms. The van der Waals surface area contributed by atoms with Crippen molar-refractivity contribution in [3.05, 3.63) is 29.6 Å². The van der Waals surface area contributed by atoms with E-state index in [1.807, 2.05) is 12.1 Å². The van der Waals surface area contributed by atoms with Crippen LogP contribution in [0.15, 0.2) is 18.2 Å². The lowest BCUT2D eigenvalue weighted by Gasteiger charge is -2.09. The van der Waals surface area contributed by atoms with Crippen LogP contribution in [0.5, 0.6) is 0 Å². The molecule has 0 amide bonds. The van der Waals surface area contributed by atoms with Gasteiger partial charge >= 0.3 is 0 Å². The van der Waals surface area contributed by atoms with E-state index >= 15 is 0 Å². The minimum Gasteiger partial charge on any atom is -0.398 e. The zero-order chi connectivity index (χ0) is 11.1. The maximum absolute atomic E-state index is 6.03. The molecule has 3 rings (SSSR count). The monoisotopic (exact) mass is 214 g/mol. The molecule has 0 atom stereocenters. The van der Waals surface area contributed by atoms with Crippen LogP contribution in [0.2, 0.25) is 0 Å². The molecular formula is C12H14N4. The first-order valence-corrected chi connectivity index (χ1v) is 5.55. The van der Waals surface area contributed by atoms with Gasteiger partial charge in [-0.25, -0.2) is 0 Å². The summed E-state index contributed by atoms with van der Waals surface area (Å²) in [5.41, 5.74) is 8.99. The molecule has 0 radical (unpaired) electrons. The molecule has 0 spiro atoms. The Morgan fingerprint density at radius 1 is 1.31 bits per heavy atom. The molecular weight excluding hydrogens is 200 g/mol. The van der Waals surface area contributed by atoms with Crippen LogP contribution in [-0.2, 0) is 13.0 Å². The maximum atomic E-state index is 6.03. The Bertz CT molecular complexity index is 522. The van der Waals surface area contributed by atoms with Crippen molar-refractivity contribution in [2.24, 2.45) is 0 Å². The highest BCUT2D eigenvalue weighted by Crippen LogP contribution is 2.30. The molecule has 2 aromatic rings. The summed E-state index contributed by atoms with van der Waals surface area (Å²) in [5.74, 6) is 2.00. The Hall–Kier alpha value is -1.84. The van der Waals surface area contributed by atoms with E-state index in [1.54, 1.807) is 0 Å². The van der Waals surface area contributed by atoms with Gasteiger partial charge < -0.3 is 10.3 Å². The minimum absolute atomic E-state index is 0.780. The Kier molecular flexibility index (Phi) is 1.96. The molecule has 0 bridgehead atoms. The summed E-state index contributed by atoms with van der Waals surface area (Å²) < 4.78 is 2.18. The van der Waals surface area contributed by atoms with Crippen LogP contribution in [0.4, 0.5) is 5.69 Å². The second kappa shape index (κ2) is 3.33. The summed E-state index contributed by atoms with van der Waals surface area (Å²) in [6, 6.07) is 5.94. The number of aryl methyl sites for hydroxylation is 2. The Balaban J connectivity index is 2.22. The fourth-order valence-electron chi connectivity index (χ4n) is 2.33. The van der Waals surface area contributed by atoms with Crippen LogP contribution in [-0.4, -0.2) is 14.8 Å². The van der Waals surface area contributed by atoms with Crippen molar-refractivity contribution in [3.8, 4) is 11.4 Å². The van der Waals surface area contributed by atoms with Crippen molar-refractivity contribution in [2.75, 3.05) is 5.73 Å². The molecule has 1 aliphatic rings. The number of aromatic nitrogens is 3. The van der Waals surface area contributed by atoms with E-state index in [0.717, 1.165) is 47.8 Å². The van der Waals surface area contributed by atoms with E-state index in [4.69, 9.17) is 5.73 Å². The molecule has 4 heteroatoms. The third kappa shape index (κ3) is 1.23. The predicted octanol–water partition coefficient (Wildman–Crippen LogP) is 1.78. The van der Waals surface area contributed by atoms with Crippen molar-refractivity contribution in [2.45, 2.75) is 26.3 Å². The summed E-state index contributed by atoms with van der Waals surface area (Å²) >= 11 is 0. The predicted molar refractivity (Wildman–Crippen MR) is 62.9 cm³/mol. The molecule has 1 aromatic heterocycles. The second-order valence-corrected chi connectivity index (χ2v) is 4.23. The molecule has 2 N–H and O–H groups in total. The molecule has 4 nitrogen and oxygen atoms in total. The van der Waals surface area contributed by atoms with Crippen molar-refractivity contribution in [1.82, 2.24) is 14.8 Å². The molecule has 0 saturated carbocycles. The molecule has 82 valence electrons. The van der Waals surface area contributed by atoms with Crippen LogP contribution < -0.4 is 5.73 Å². The summed E-state index contributed by atoms with van der Waals surface area (Å²) in [4.78, 5) is 0. The highest BCUT2D eigenvalue weighted by atomic mass is 15.3. The SMILES string of the molecule is Cc1cccc(N)c1-c1nnc2n1CCC2. The number of benzene rings is 1. The number of hydrogen-bond donors (Lipinski definition) is 1. The van der Waals surface area contributed by atoms with Crippen molar-refractivity contribution in [1.29, 1.82) is 0 Å². The molecule has 2 heterocycles. The van der Waals surface area contributed by atoms with Crippen molar-refractivity contribution in [3.63, 3.8) is 0 Å². The quantitative estimate of drug-likeness (QED) is 0.736. The molecule has 0 fully saturated rings. The lowest BCUT2D eigenvalue weighted by Crippen LogP contribution is -2.01. The van der Waals surface area contributed by atoms with Crippen molar-refractivity contribution >= 4 is 5.69 Å². The Morgan fingerprint density at radius 3 is 3.00 bits per heavy atom. The van der Waals surface area contributed by atoms with Crippen molar-refractivity contribution < 1.29 is 0 Å². The zero-order valence-corrected chi connectivity index (χ0v) is 9.27. The van der Waals surface area contributed by atoms with Gasteiger partial charge in [-0.05, 0) is 25.0 Å². The molecule has 0 saturated heterocycles. The van der Waals surface area contributed by atoms with Crippen LogP contribution >= 0.6 is 0 Å². The van der Waals surface area contributed by atoms with Crippen LogP contribution in [0.1, 0.15) is 17.8 Å². The fraction of sp³-hybridized carbons (Fsp3) is 0.333. The number of anilines is 1. The first kappa shape index (κ1) is 9.39. The molecule has 1 aliphatic heterocycles. The molecule has 0 aliphatic carbocycles. The normalized spacial score (nSPS) is 14.1. The van der Waals surface area contributed by atoms with Gasteiger partial charge in [-0.1, -0.05) is 12.1 Å². The van der Waals surface area contributed by atoms with E-state index in [-0.39, 0.29) is 0 Å². The third-order valence-corrected chi connectivity index (χ3v) is 3.14. The lowest BCUT2D eigenvalue weighted by atomic mass is 10.1. The van der Waals surface area contributed by atoms with Gasteiger partial charge in [0.2, 0.25) is 0 Å². The topological polar surface area (TPSA) is 56.7 Å². The highest BCUT2D eigenvalue weighted by molar-refractivity contribution is 5.75. The standard InChI is InChI=1S/C12H14N4/c1-8-4-2-5-9(13)11(8)12-15-14-10-6-3-7-16(10)12/h2,4-5H,3,6-7,13H2,1H3. The van der Waals surface area contributed by atoms with E-state index in [0.29, 0.717) is 0 Å². The van der Waals surface area contributed by atoms with Gasteiger partial charge in [0.05, 0.1) is 0 Å². The average Bonchev–Trinajstić information content (AvgIpc) is 2.81. The Labute approximate surface area is 94.1 Å². The van der Waals surface area contributed by atoms with E-state index < -0.39 is 0 Å². The van der Waals surface area contributed by atoms with E-state index in [9.17, 15) is 0 Å². The average molecular weight is 214 g/mol. The van der Waals surface area contributed by atoms with Gasteiger partial charge in [0.15, 0.2) is 5.82 Å². The van der Waals surface area contributed by atoms with E-state index in [2.05, 4.69) is 27.8 Å². The Morgan fingerprint density at radius 2 is 2.19 bits per heavy atom. The second-order valence-electron chi connectivity index (χ2n) is 4.23. The summed E-state index contributed by atoms with van der Waals surface area (Å²) in [6.45, 7) is 3.06. The van der Waals surface area contributed by atoms with Gasteiger partial charge in [0.25, 0.3) is 0 Å². The third-order valence-electron chi connectivity index (χ3n) is 3.14. The van der Waals surface area contributed by atoms with Crippen LogP contribution in [0, 0.1) is 6.92 Å². The lowest BCUT2D eigenvalue weighted by molar-refractivity contribution is 0.748. The first-order valence-electron chi connectivity index (χ1n) is 5.55. The summed E-state index contributed by atoms with van der Waals surface area (Å²) in [7, 11) is 0. The smallest absolute Gasteiger partial charge is 0.166 e. The maximum Gasteiger partial charge on any atom is 0.166 e. The number of rotatable bonds is 1. The number of nitrogens with two attached hydrogens (primary N) is 1.